The molecule has 0 amide bonds. The second-order valence-electron chi connectivity index (χ2n) is 5.53. The van der Waals surface area contributed by atoms with Gasteiger partial charge in [-0.1, -0.05) is 0 Å². The largest absolute Gasteiger partial charge is 0.497 e. The van der Waals surface area contributed by atoms with Crippen molar-refractivity contribution in [3.8, 4) is 11.5 Å². The van der Waals surface area contributed by atoms with Crippen LogP contribution in [-0.2, 0) is 11.3 Å². The lowest BCUT2D eigenvalue weighted by molar-refractivity contribution is 0.195. The fraction of sp³-hybridized carbons (Fsp3) is 0.588. The maximum absolute atomic E-state index is 5.40. The Morgan fingerprint density at radius 1 is 1.21 bits per heavy atom. The predicted octanol–water partition coefficient (Wildman–Crippen LogP) is 2.56. The molecule has 0 radical (unpaired) electrons. The van der Waals surface area contributed by atoms with Gasteiger partial charge in [0.1, 0.15) is 11.5 Å². The standard InChI is InChI=1S/C17H27N3O3.HI/c1-21-10-4-9-18-17(20-14-5-6-14)19-12-13-11-15(22-2)7-8-16(13)23-3;/h7-8,11,14H,4-6,9-10,12H2,1-3H3,(H2,18,19,20);1H. The molecule has 1 aromatic rings. The molecule has 0 spiro atoms. The summed E-state index contributed by atoms with van der Waals surface area (Å²) in [6, 6.07) is 6.31. The Morgan fingerprint density at radius 2 is 2.00 bits per heavy atom. The van der Waals surface area contributed by atoms with Crippen molar-refractivity contribution in [1.29, 1.82) is 0 Å². The van der Waals surface area contributed by atoms with E-state index >= 15 is 0 Å². The average molecular weight is 449 g/mol. The van der Waals surface area contributed by atoms with E-state index in [0.717, 1.165) is 42.6 Å². The molecule has 136 valence electrons. The summed E-state index contributed by atoms with van der Waals surface area (Å²) in [5.74, 6) is 2.47. The van der Waals surface area contributed by atoms with Crippen molar-refractivity contribution in [1.82, 2.24) is 10.6 Å². The summed E-state index contributed by atoms with van der Waals surface area (Å²) in [5, 5.41) is 6.78. The van der Waals surface area contributed by atoms with Crippen LogP contribution in [0.5, 0.6) is 11.5 Å². The molecule has 0 bridgehead atoms. The zero-order chi connectivity index (χ0) is 16.5. The van der Waals surface area contributed by atoms with Crippen molar-refractivity contribution >= 4 is 29.9 Å². The zero-order valence-corrected chi connectivity index (χ0v) is 17.0. The molecule has 1 aliphatic carbocycles. The van der Waals surface area contributed by atoms with Crippen molar-refractivity contribution < 1.29 is 14.2 Å². The van der Waals surface area contributed by atoms with Gasteiger partial charge < -0.3 is 24.8 Å². The number of benzene rings is 1. The van der Waals surface area contributed by atoms with Crippen LogP contribution < -0.4 is 20.1 Å². The minimum Gasteiger partial charge on any atom is -0.497 e. The Labute approximate surface area is 161 Å². The monoisotopic (exact) mass is 449 g/mol. The van der Waals surface area contributed by atoms with E-state index in [1.807, 2.05) is 18.2 Å². The van der Waals surface area contributed by atoms with Crippen LogP contribution in [0.2, 0.25) is 0 Å². The van der Waals surface area contributed by atoms with Gasteiger partial charge in [-0.25, -0.2) is 4.99 Å². The number of ether oxygens (including phenoxy) is 3. The molecule has 1 fully saturated rings. The molecule has 0 aromatic heterocycles. The first-order valence-corrected chi connectivity index (χ1v) is 8.01. The van der Waals surface area contributed by atoms with Gasteiger partial charge in [0.25, 0.3) is 0 Å². The van der Waals surface area contributed by atoms with Gasteiger partial charge in [-0.15, -0.1) is 24.0 Å². The van der Waals surface area contributed by atoms with Gasteiger partial charge in [0, 0.05) is 31.9 Å². The number of hydrogen-bond donors (Lipinski definition) is 2. The molecule has 0 aliphatic heterocycles. The minimum absolute atomic E-state index is 0. The maximum atomic E-state index is 5.40. The summed E-state index contributed by atoms with van der Waals surface area (Å²) in [7, 11) is 5.04. The average Bonchev–Trinajstić information content (AvgIpc) is 3.40. The molecule has 2 rings (SSSR count). The molecule has 0 heterocycles. The fourth-order valence-corrected chi connectivity index (χ4v) is 2.17. The van der Waals surface area contributed by atoms with Gasteiger partial charge in [-0.2, -0.15) is 0 Å². The lowest BCUT2D eigenvalue weighted by Gasteiger charge is -2.13. The highest BCUT2D eigenvalue weighted by Gasteiger charge is 2.22. The Balaban J connectivity index is 0.00000288. The van der Waals surface area contributed by atoms with Crippen LogP contribution >= 0.6 is 24.0 Å². The highest BCUT2D eigenvalue weighted by atomic mass is 127. The Kier molecular flexibility index (Phi) is 9.85. The summed E-state index contributed by atoms with van der Waals surface area (Å²) in [6.45, 7) is 2.11. The number of nitrogens with one attached hydrogen (secondary N) is 2. The van der Waals surface area contributed by atoms with E-state index in [-0.39, 0.29) is 24.0 Å². The van der Waals surface area contributed by atoms with E-state index in [0.29, 0.717) is 12.6 Å². The SMILES string of the molecule is COCCCNC(=NCc1cc(OC)ccc1OC)NC1CC1.I. The Morgan fingerprint density at radius 3 is 2.62 bits per heavy atom. The summed E-state index contributed by atoms with van der Waals surface area (Å²) in [5.41, 5.74) is 1.00. The zero-order valence-electron chi connectivity index (χ0n) is 14.6. The van der Waals surface area contributed by atoms with E-state index in [4.69, 9.17) is 14.2 Å². The highest BCUT2D eigenvalue weighted by Crippen LogP contribution is 2.24. The number of hydrogen-bond acceptors (Lipinski definition) is 4. The summed E-state index contributed by atoms with van der Waals surface area (Å²) >= 11 is 0. The van der Waals surface area contributed by atoms with Crippen LogP contribution in [0, 0.1) is 0 Å². The van der Waals surface area contributed by atoms with E-state index in [1.165, 1.54) is 12.8 Å². The second-order valence-corrected chi connectivity index (χ2v) is 5.53. The Bertz CT molecular complexity index is 522. The van der Waals surface area contributed by atoms with Crippen LogP contribution in [0.25, 0.3) is 0 Å². The summed E-state index contributed by atoms with van der Waals surface area (Å²) < 4.78 is 15.8. The molecule has 1 aliphatic rings. The third-order valence-corrected chi connectivity index (χ3v) is 3.63. The molecule has 0 saturated heterocycles. The number of halogens is 1. The minimum atomic E-state index is 0. The molecular weight excluding hydrogens is 421 g/mol. The third kappa shape index (κ3) is 7.12. The van der Waals surface area contributed by atoms with E-state index in [1.54, 1.807) is 21.3 Å². The lowest BCUT2D eigenvalue weighted by Crippen LogP contribution is -2.39. The second kappa shape index (κ2) is 11.4. The first-order chi connectivity index (χ1) is 11.3. The molecule has 6 nitrogen and oxygen atoms in total. The molecular formula is C17H28IN3O3. The third-order valence-electron chi connectivity index (χ3n) is 3.63. The number of guanidine groups is 1. The van der Waals surface area contributed by atoms with Gasteiger partial charge in [-0.05, 0) is 37.5 Å². The van der Waals surface area contributed by atoms with Crippen LogP contribution in [0.15, 0.2) is 23.2 Å². The number of methoxy groups -OCH3 is 3. The molecule has 0 unspecified atom stereocenters. The molecule has 1 saturated carbocycles. The van der Waals surface area contributed by atoms with Gasteiger partial charge in [-0.3, -0.25) is 0 Å². The van der Waals surface area contributed by atoms with E-state index < -0.39 is 0 Å². The smallest absolute Gasteiger partial charge is 0.191 e. The van der Waals surface area contributed by atoms with Crippen LogP contribution in [0.3, 0.4) is 0 Å². The summed E-state index contributed by atoms with van der Waals surface area (Å²) in [4.78, 5) is 4.67. The molecule has 1 aromatic carbocycles. The van der Waals surface area contributed by atoms with Crippen molar-refractivity contribution in [2.75, 3.05) is 34.5 Å². The first kappa shape index (κ1) is 20.8. The van der Waals surface area contributed by atoms with Crippen LogP contribution in [-0.4, -0.2) is 46.5 Å². The highest BCUT2D eigenvalue weighted by molar-refractivity contribution is 14.0. The van der Waals surface area contributed by atoms with Gasteiger partial charge >= 0.3 is 0 Å². The van der Waals surface area contributed by atoms with E-state index in [2.05, 4.69) is 15.6 Å². The maximum Gasteiger partial charge on any atom is 0.191 e. The molecule has 2 N–H and O–H groups in total. The molecule has 0 atom stereocenters. The van der Waals surface area contributed by atoms with Crippen molar-refractivity contribution in [3.63, 3.8) is 0 Å². The predicted molar refractivity (Wildman–Crippen MR) is 107 cm³/mol. The summed E-state index contributed by atoms with van der Waals surface area (Å²) in [6.07, 6.45) is 3.37. The van der Waals surface area contributed by atoms with Crippen molar-refractivity contribution in [2.24, 2.45) is 4.99 Å². The van der Waals surface area contributed by atoms with Crippen LogP contribution in [0.1, 0.15) is 24.8 Å². The van der Waals surface area contributed by atoms with Gasteiger partial charge in [0.2, 0.25) is 0 Å². The lowest BCUT2D eigenvalue weighted by atomic mass is 10.2. The van der Waals surface area contributed by atoms with Crippen molar-refractivity contribution in [3.05, 3.63) is 23.8 Å². The van der Waals surface area contributed by atoms with Crippen LogP contribution in [0.4, 0.5) is 0 Å². The van der Waals surface area contributed by atoms with Gasteiger partial charge in [0.15, 0.2) is 5.96 Å². The number of nitrogens with zero attached hydrogens (tertiary/aromatic N) is 1. The quantitative estimate of drug-likeness (QED) is 0.263. The first-order valence-electron chi connectivity index (χ1n) is 8.01. The Hall–Kier alpha value is -1.22. The van der Waals surface area contributed by atoms with E-state index in [9.17, 15) is 0 Å². The number of rotatable bonds is 9. The van der Waals surface area contributed by atoms with Gasteiger partial charge in [0.05, 0.1) is 20.8 Å². The fourth-order valence-electron chi connectivity index (χ4n) is 2.17. The molecule has 24 heavy (non-hydrogen) atoms. The number of aliphatic imine (C=N–C) groups is 1. The topological polar surface area (TPSA) is 64.1 Å². The normalized spacial score (nSPS) is 13.9. The molecule has 7 heteroatoms. The van der Waals surface area contributed by atoms with Crippen molar-refractivity contribution in [2.45, 2.75) is 31.8 Å².